The molecular weight excluding hydrogens is 553 g/mol. The molecule has 4 aliphatic carbocycles. The Morgan fingerprint density at radius 1 is 1.12 bits per heavy atom. The van der Waals surface area contributed by atoms with Crippen LogP contribution in [0.15, 0.2) is 11.6 Å². The van der Waals surface area contributed by atoms with Crippen LogP contribution in [0.5, 0.6) is 0 Å². The number of carbonyl (C=O) groups is 1. The lowest BCUT2D eigenvalue weighted by Crippen LogP contribution is -2.61. The number of rotatable bonds is 3. The zero-order chi connectivity index (χ0) is 30.0. The van der Waals surface area contributed by atoms with Crippen LogP contribution in [0, 0.1) is 45.3 Å². The van der Waals surface area contributed by atoms with E-state index in [1.165, 1.54) is 19.8 Å². The summed E-state index contributed by atoms with van der Waals surface area (Å²) in [5.74, 6) is 3.66. The molecule has 5 fully saturated rings. The van der Waals surface area contributed by atoms with Crippen molar-refractivity contribution >= 4 is 29.5 Å². The van der Waals surface area contributed by atoms with Crippen LogP contribution in [0.4, 0.5) is 0 Å². The smallest absolute Gasteiger partial charge is 0.303 e. The number of esters is 1. The molecule has 0 amide bonds. The first-order valence-corrected chi connectivity index (χ1v) is 18.1. The fourth-order valence-electron chi connectivity index (χ4n) is 11.7. The van der Waals surface area contributed by atoms with Crippen molar-refractivity contribution in [3.63, 3.8) is 0 Å². The SMILES string of the molecule is CC(=O)O[C@@H]([C@H]1C[C@@H](C)[C@H]2[C@H](O1)C1(SCCS1)[C@@]1(C)C3CCC4C(C)(C)[C@@H](O)CC[C@]4(C)C3=CC[C@]21C)C(C)(C)O. The highest BCUT2D eigenvalue weighted by molar-refractivity contribution is 8.21. The molecule has 2 heterocycles. The lowest BCUT2D eigenvalue weighted by Gasteiger charge is -2.65. The highest BCUT2D eigenvalue weighted by Gasteiger charge is 2.79. The summed E-state index contributed by atoms with van der Waals surface area (Å²) in [5, 5.41) is 22.2. The van der Waals surface area contributed by atoms with Crippen LogP contribution in [0.3, 0.4) is 0 Å². The summed E-state index contributed by atoms with van der Waals surface area (Å²) >= 11 is 4.29. The van der Waals surface area contributed by atoms with Crippen molar-refractivity contribution in [3.05, 3.63) is 11.6 Å². The van der Waals surface area contributed by atoms with Gasteiger partial charge in [0.2, 0.25) is 0 Å². The molecule has 41 heavy (non-hydrogen) atoms. The number of carbonyl (C=O) groups excluding carboxylic acids is 1. The topological polar surface area (TPSA) is 76.0 Å². The number of aliphatic hydroxyl groups excluding tert-OH is 1. The largest absolute Gasteiger partial charge is 0.457 e. The second kappa shape index (κ2) is 9.64. The Bertz CT molecular complexity index is 1110. The van der Waals surface area contributed by atoms with Crippen molar-refractivity contribution in [3.8, 4) is 0 Å². The average molecular weight is 607 g/mol. The second-order valence-electron chi connectivity index (χ2n) is 16.3. The molecule has 11 atom stereocenters. The molecule has 6 rings (SSSR count). The lowest BCUT2D eigenvalue weighted by atomic mass is 9.41. The van der Waals surface area contributed by atoms with Crippen molar-refractivity contribution in [1.82, 2.24) is 0 Å². The molecule has 2 saturated heterocycles. The van der Waals surface area contributed by atoms with E-state index in [4.69, 9.17) is 9.47 Å². The standard InChI is InChI=1S/C34H54O5S2/c1-19-18-23(27(30(5,6)37)38-20(2)35)39-28-26(19)32(8)15-12-21-22(33(32,9)34(28)40-16-17-41-34)10-11-24-29(3,4)25(36)13-14-31(21,24)7/h12,19,22-28,36-37H,10-11,13-18H2,1-9H3/t19-,22?,23-,24?,25+,26+,27+,28+,31-,32-,33+/m1/s1. The molecule has 2 N–H and O–H groups in total. The van der Waals surface area contributed by atoms with Gasteiger partial charge in [0.25, 0.3) is 0 Å². The molecule has 0 aromatic heterocycles. The van der Waals surface area contributed by atoms with Gasteiger partial charge in [-0.25, -0.2) is 0 Å². The van der Waals surface area contributed by atoms with Gasteiger partial charge in [-0.2, -0.15) is 0 Å². The Morgan fingerprint density at radius 3 is 2.39 bits per heavy atom. The molecule has 0 aromatic carbocycles. The summed E-state index contributed by atoms with van der Waals surface area (Å²) in [6.07, 6.45) is 7.61. The first-order valence-electron chi connectivity index (χ1n) is 16.2. The van der Waals surface area contributed by atoms with Crippen LogP contribution in [-0.2, 0) is 14.3 Å². The predicted octanol–water partition coefficient (Wildman–Crippen LogP) is 6.84. The first kappa shape index (κ1) is 30.8. The van der Waals surface area contributed by atoms with E-state index >= 15 is 0 Å². The van der Waals surface area contributed by atoms with Gasteiger partial charge in [-0.05, 0) is 92.3 Å². The van der Waals surface area contributed by atoms with Crippen LogP contribution in [0.25, 0.3) is 0 Å². The van der Waals surface area contributed by atoms with E-state index in [2.05, 4.69) is 71.1 Å². The average Bonchev–Trinajstić information content (AvgIpc) is 3.43. The maximum absolute atomic E-state index is 12.2. The van der Waals surface area contributed by atoms with E-state index in [0.717, 1.165) is 37.2 Å². The summed E-state index contributed by atoms with van der Waals surface area (Å²) < 4.78 is 13.0. The number of thioether (sulfide) groups is 2. The predicted molar refractivity (Wildman–Crippen MR) is 168 cm³/mol. The van der Waals surface area contributed by atoms with E-state index < -0.39 is 11.7 Å². The Labute approximate surface area is 256 Å². The van der Waals surface area contributed by atoms with Gasteiger partial charge in [0.05, 0.1) is 28.0 Å². The zero-order valence-electron chi connectivity index (χ0n) is 26.8. The minimum Gasteiger partial charge on any atom is -0.457 e. The minimum absolute atomic E-state index is 0.0343. The van der Waals surface area contributed by atoms with Crippen LogP contribution < -0.4 is 0 Å². The van der Waals surface area contributed by atoms with Crippen LogP contribution in [0.1, 0.15) is 101 Å². The maximum atomic E-state index is 12.2. The van der Waals surface area contributed by atoms with Crippen molar-refractivity contribution in [2.45, 2.75) is 135 Å². The van der Waals surface area contributed by atoms with Crippen molar-refractivity contribution in [2.75, 3.05) is 11.5 Å². The molecule has 0 bridgehead atoms. The molecule has 2 unspecified atom stereocenters. The Morgan fingerprint density at radius 2 is 1.78 bits per heavy atom. The number of fused-ring (bicyclic) bond motifs is 9. The summed E-state index contributed by atoms with van der Waals surface area (Å²) in [5.41, 5.74) is 0.651. The fraction of sp³-hybridized carbons (Fsp3) is 0.912. The van der Waals surface area contributed by atoms with Crippen molar-refractivity contribution < 1.29 is 24.5 Å². The fourth-order valence-corrected chi connectivity index (χ4v) is 15.8. The Hall–Kier alpha value is -0.210. The van der Waals surface area contributed by atoms with Crippen molar-refractivity contribution in [1.29, 1.82) is 0 Å². The summed E-state index contributed by atoms with van der Waals surface area (Å²) in [6, 6.07) is 0. The third-order valence-corrected chi connectivity index (χ3v) is 17.6. The third kappa shape index (κ3) is 3.96. The van der Waals surface area contributed by atoms with E-state index in [0.29, 0.717) is 23.7 Å². The quantitative estimate of drug-likeness (QED) is 0.269. The van der Waals surface area contributed by atoms with E-state index in [1.54, 1.807) is 19.4 Å². The number of ether oxygens (including phenoxy) is 2. The summed E-state index contributed by atoms with van der Waals surface area (Å²) in [6.45, 7) is 19.7. The van der Waals surface area contributed by atoms with Gasteiger partial charge in [0, 0.05) is 23.8 Å². The monoisotopic (exact) mass is 606 g/mol. The normalized spacial score (nSPS) is 48.9. The zero-order valence-corrected chi connectivity index (χ0v) is 28.4. The van der Waals surface area contributed by atoms with E-state index in [9.17, 15) is 15.0 Å². The van der Waals surface area contributed by atoms with Gasteiger partial charge in [-0.3, -0.25) is 4.79 Å². The molecular formula is C34H54O5S2. The van der Waals surface area contributed by atoms with Gasteiger partial charge in [-0.1, -0.05) is 53.2 Å². The molecule has 232 valence electrons. The molecule has 6 aliphatic rings. The van der Waals surface area contributed by atoms with Crippen LogP contribution >= 0.6 is 23.5 Å². The highest BCUT2D eigenvalue weighted by atomic mass is 32.2. The summed E-state index contributed by atoms with van der Waals surface area (Å²) in [4.78, 5) is 12.2. The maximum Gasteiger partial charge on any atom is 0.303 e. The molecule has 2 aliphatic heterocycles. The molecule has 0 aromatic rings. The Balaban J connectivity index is 1.44. The number of allylic oxidation sites excluding steroid dienone is 2. The van der Waals surface area contributed by atoms with Crippen LogP contribution in [-0.4, -0.2) is 61.8 Å². The number of hydrogen-bond donors (Lipinski definition) is 2. The Kier molecular flexibility index (Phi) is 7.25. The minimum atomic E-state index is -1.19. The van der Waals surface area contributed by atoms with E-state index in [-0.39, 0.29) is 50.0 Å². The van der Waals surface area contributed by atoms with Gasteiger partial charge in [-0.15, -0.1) is 23.5 Å². The van der Waals surface area contributed by atoms with Gasteiger partial charge in [0.15, 0.2) is 6.10 Å². The second-order valence-corrected chi connectivity index (χ2v) is 19.3. The molecule has 7 heteroatoms. The van der Waals surface area contributed by atoms with Gasteiger partial charge in [0.1, 0.15) is 0 Å². The van der Waals surface area contributed by atoms with Gasteiger partial charge >= 0.3 is 5.97 Å². The lowest BCUT2D eigenvalue weighted by molar-refractivity contribution is -0.207. The van der Waals surface area contributed by atoms with Gasteiger partial charge < -0.3 is 19.7 Å². The highest BCUT2D eigenvalue weighted by Crippen LogP contribution is 2.82. The molecule has 5 nitrogen and oxygen atoms in total. The molecule has 3 saturated carbocycles. The van der Waals surface area contributed by atoms with Crippen molar-refractivity contribution in [2.24, 2.45) is 45.3 Å². The summed E-state index contributed by atoms with van der Waals surface area (Å²) in [7, 11) is 0. The molecule has 0 radical (unpaired) electrons. The molecule has 1 spiro atoms. The van der Waals surface area contributed by atoms with E-state index in [1.807, 2.05) is 0 Å². The number of hydrogen-bond acceptors (Lipinski definition) is 7. The third-order valence-electron chi connectivity index (χ3n) is 13.6. The number of aliphatic hydroxyl groups is 2. The van der Waals surface area contributed by atoms with Crippen LogP contribution in [0.2, 0.25) is 0 Å². The first-order chi connectivity index (χ1) is 18.9.